The minimum Gasteiger partial charge on any atom is -0.339 e. The lowest BCUT2D eigenvalue weighted by Crippen LogP contribution is -2.53. The van der Waals surface area contributed by atoms with E-state index in [4.69, 9.17) is 0 Å². The molecule has 27 heavy (non-hydrogen) atoms. The fourth-order valence-corrected chi connectivity index (χ4v) is 3.65. The van der Waals surface area contributed by atoms with E-state index in [1.165, 1.54) is 0 Å². The van der Waals surface area contributed by atoms with Crippen LogP contribution < -0.4 is 0 Å². The highest BCUT2D eigenvalue weighted by Crippen LogP contribution is 2.24. The number of carbonyl (C=O) groups is 2. The molecule has 1 fully saturated rings. The van der Waals surface area contributed by atoms with E-state index < -0.39 is 0 Å². The van der Waals surface area contributed by atoms with Crippen LogP contribution in [0.4, 0.5) is 0 Å². The van der Waals surface area contributed by atoms with E-state index in [1.54, 1.807) is 0 Å². The van der Waals surface area contributed by atoms with Gasteiger partial charge in [0.2, 0.25) is 11.8 Å². The standard InChI is InChI=1S/C22H35N3O2/c1-5-23(6-2)21(19-10-8-7-9-11-19)22(27)25-16-14-24(15-17-25)20(26)13-12-18(3)4/h7-11,18,21H,5-6,12-17H2,1-4H3. The van der Waals surface area contributed by atoms with Gasteiger partial charge in [-0.15, -0.1) is 0 Å². The van der Waals surface area contributed by atoms with Gasteiger partial charge in [-0.25, -0.2) is 0 Å². The first-order chi connectivity index (χ1) is 13.0. The van der Waals surface area contributed by atoms with Gasteiger partial charge in [-0.2, -0.15) is 0 Å². The molecule has 1 aliphatic heterocycles. The Morgan fingerprint density at radius 3 is 2.04 bits per heavy atom. The normalized spacial score (nSPS) is 16.1. The molecular weight excluding hydrogens is 338 g/mol. The van der Waals surface area contributed by atoms with Crippen LogP contribution in [0.1, 0.15) is 52.1 Å². The van der Waals surface area contributed by atoms with Crippen LogP contribution in [-0.4, -0.2) is 65.8 Å². The molecule has 1 aliphatic rings. The van der Waals surface area contributed by atoms with Crippen LogP contribution >= 0.6 is 0 Å². The highest BCUT2D eigenvalue weighted by molar-refractivity contribution is 5.84. The van der Waals surface area contributed by atoms with Crippen LogP contribution in [0.5, 0.6) is 0 Å². The number of likely N-dealkylation sites (N-methyl/N-ethyl adjacent to an activating group) is 1. The summed E-state index contributed by atoms with van der Waals surface area (Å²) in [4.78, 5) is 31.7. The minimum absolute atomic E-state index is 0.152. The van der Waals surface area contributed by atoms with Crippen LogP contribution in [0.25, 0.3) is 0 Å². The van der Waals surface area contributed by atoms with Gasteiger partial charge in [-0.3, -0.25) is 14.5 Å². The highest BCUT2D eigenvalue weighted by atomic mass is 16.2. The largest absolute Gasteiger partial charge is 0.339 e. The first-order valence-electron chi connectivity index (χ1n) is 10.3. The lowest BCUT2D eigenvalue weighted by atomic mass is 10.0. The predicted octanol–water partition coefficient (Wildman–Crippen LogP) is 3.18. The van der Waals surface area contributed by atoms with Crippen molar-refractivity contribution in [1.29, 1.82) is 0 Å². The molecule has 1 saturated heterocycles. The van der Waals surface area contributed by atoms with Gasteiger partial charge < -0.3 is 9.80 Å². The topological polar surface area (TPSA) is 43.9 Å². The number of carbonyl (C=O) groups excluding carboxylic acids is 2. The van der Waals surface area contributed by atoms with Crippen LogP contribution in [0.3, 0.4) is 0 Å². The smallest absolute Gasteiger partial charge is 0.244 e. The van der Waals surface area contributed by atoms with E-state index in [0.717, 1.165) is 25.1 Å². The zero-order valence-corrected chi connectivity index (χ0v) is 17.4. The summed E-state index contributed by atoms with van der Waals surface area (Å²) in [5, 5.41) is 0. The Labute approximate surface area is 164 Å². The zero-order valence-electron chi connectivity index (χ0n) is 17.4. The minimum atomic E-state index is -0.246. The molecule has 150 valence electrons. The van der Waals surface area contributed by atoms with Crippen LogP contribution in [0, 0.1) is 5.92 Å². The number of nitrogens with zero attached hydrogens (tertiary/aromatic N) is 3. The zero-order chi connectivity index (χ0) is 19.8. The molecule has 1 atom stereocenters. The Morgan fingerprint density at radius 2 is 1.52 bits per heavy atom. The number of amides is 2. The molecule has 0 bridgehead atoms. The van der Waals surface area contributed by atoms with E-state index >= 15 is 0 Å². The summed E-state index contributed by atoms with van der Waals surface area (Å²) in [6.45, 7) is 12.7. The molecule has 0 radical (unpaired) electrons. The van der Waals surface area contributed by atoms with Crippen molar-refractivity contribution in [1.82, 2.24) is 14.7 Å². The summed E-state index contributed by atoms with van der Waals surface area (Å²) >= 11 is 0. The Morgan fingerprint density at radius 1 is 0.963 bits per heavy atom. The van der Waals surface area contributed by atoms with Gasteiger partial charge >= 0.3 is 0 Å². The molecule has 0 spiro atoms. The molecule has 2 amide bonds. The molecule has 1 aromatic carbocycles. The van der Waals surface area contributed by atoms with Crippen molar-refractivity contribution in [3.63, 3.8) is 0 Å². The monoisotopic (exact) mass is 373 g/mol. The maximum atomic E-state index is 13.3. The van der Waals surface area contributed by atoms with Gasteiger partial charge in [0.1, 0.15) is 6.04 Å². The Kier molecular flexibility index (Phi) is 8.29. The third kappa shape index (κ3) is 5.80. The molecule has 5 heteroatoms. The lowest BCUT2D eigenvalue weighted by Gasteiger charge is -2.39. The van der Waals surface area contributed by atoms with E-state index in [2.05, 4.69) is 32.6 Å². The second-order valence-corrected chi connectivity index (χ2v) is 7.67. The van der Waals surface area contributed by atoms with Crippen molar-refractivity contribution in [2.24, 2.45) is 5.92 Å². The van der Waals surface area contributed by atoms with Gasteiger partial charge in [-0.1, -0.05) is 58.0 Å². The summed E-state index contributed by atoms with van der Waals surface area (Å²) in [6.07, 6.45) is 1.54. The fourth-order valence-electron chi connectivity index (χ4n) is 3.65. The van der Waals surface area contributed by atoms with Crippen molar-refractivity contribution in [3.05, 3.63) is 35.9 Å². The van der Waals surface area contributed by atoms with E-state index in [0.29, 0.717) is 38.5 Å². The van der Waals surface area contributed by atoms with Crippen LogP contribution in [0.15, 0.2) is 30.3 Å². The predicted molar refractivity (Wildman–Crippen MR) is 109 cm³/mol. The Bertz CT molecular complexity index is 591. The van der Waals surface area contributed by atoms with Gasteiger partial charge in [-0.05, 0) is 31.0 Å². The number of benzene rings is 1. The summed E-state index contributed by atoms with van der Waals surface area (Å²) in [6, 6.07) is 9.78. The number of hydrogen-bond acceptors (Lipinski definition) is 3. The average molecular weight is 374 g/mol. The van der Waals surface area contributed by atoms with Crippen molar-refractivity contribution in [2.45, 2.75) is 46.6 Å². The SMILES string of the molecule is CCN(CC)C(C(=O)N1CCN(C(=O)CCC(C)C)CC1)c1ccccc1. The molecule has 1 heterocycles. The highest BCUT2D eigenvalue weighted by Gasteiger charge is 2.32. The van der Waals surface area contributed by atoms with Crippen LogP contribution in [0.2, 0.25) is 0 Å². The number of hydrogen-bond donors (Lipinski definition) is 0. The Balaban J connectivity index is 2.02. The quantitative estimate of drug-likeness (QED) is 0.703. The van der Waals surface area contributed by atoms with E-state index in [-0.39, 0.29) is 17.9 Å². The van der Waals surface area contributed by atoms with Gasteiger partial charge in [0, 0.05) is 32.6 Å². The van der Waals surface area contributed by atoms with Gasteiger partial charge in [0.15, 0.2) is 0 Å². The summed E-state index contributed by atoms with van der Waals surface area (Å²) in [7, 11) is 0. The molecule has 1 unspecified atom stereocenters. The van der Waals surface area contributed by atoms with Crippen LogP contribution in [-0.2, 0) is 9.59 Å². The summed E-state index contributed by atoms with van der Waals surface area (Å²) in [5.74, 6) is 0.913. The molecule has 0 aliphatic carbocycles. The van der Waals surface area contributed by atoms with Gasteiger partial charge in [0.05, 0.1) is 0 Å². The molecule has 0 saturated carbocycles. The number of piperazine rings is 1. The molecule has 5 nitrogen and oxygen atoms in total. The van der Waals surface area contributed by atoms with Gasteiger partial charge in [0.25, 0.3) is 0 Å². The first-order valence-corrected chi connectivity index (χ1v) is 10.3. The molecule has 1 aromatic rings. The van der Waals surface area contributed by atoms with Crippen molar-refractivity contribution < 1.29 is 9.59 Å². The van der Waals surface area contributed by atoms with Crippen molar-refractivity contribution >= 4 is 11.8 Å². The first kappa shape index (κ1) is 21.4. The maximum Gasteiger partial charge on any atom is 0.244 e. The lowest BCUT2D eigenvalue weighted by molar-refractivity contribution is -0.143. The van der Waals surface area contributed by atoms with Crippen molar-refractivity contribution in [2.75, 3.05) is 39.3 Å². The Hall–Kier alpha value is -1.88. The molecule has 0 aromatic heterocycles. The molecular formula is C22H35N3O2. The second-order valence-electron chi connectivity index (χ2n) is 7.67. The second kappa shape index (κ2) is 10.5. The van der Waals surface area contributed by atoms with E-state index in [9.17, 15) is 9.59 Å². The van der Waals surface area contributed by atoms with Crippen molar-refractivity contribution in [3.8, 4) is 0 Å². The number of rotatable bonds is 8. The summed E-state index contributed by atoms with van der Waals surface area (Å²) in [5.41, 5.74) is 1.04. The average Bonchev–Trinajstić information content (AvgIpc) is 2.70. The third-order valence-corrected chi connectivity index (χ3v) is 5.41. The molecule has 2 rings (SSSR count). The third-order valence-electron chi connectivity index (χ3n) is 5.41. The summed E-state index contributed by atoms with van der Waals surface area (Å²) < 4.78 is 0. The maximum absolute atomic E-state index is 13.3. The molecule has 0 N–H and O–H groups in total. The fraction of sp³-hybridized carbons (Fsp3) is 0.636. The van der Waals surface area contributed by atoms with E-state index in [1.807, 2.05) is 40.1 Å².